The zero-order valence-electron chi connectivity index (χ0n) is 19.5. The van der Waals surface area contributed by atoms with Crippen molar-refractivity contribution in [2.75, 3.05) is 0 Å². The fourth-order valence-corrected chi connectivity index (χ4v) is 9.42. The summed E-state index contributed by atoms with van der Waals surface area (Å²) in [6, 6.07) is 0. The maximum absolute atomic E-state index is 12.4. The molecule has 2 N–H and O–H groups in total. The standard InChI is InChI=1S/C26H44O3/c1-17-10-14-25(5)21(23(17,3)13-11-18(2)27)9-8-19-20-7-6-12-26(20,22(28)29)16-15-24(19,25)4/h17-21,27H,6-16H2,1-5H3,(H,28,29). The van der Waals surface area contributed by atoms with E-state index in [1.807, 2.05) is 6.92 Å². The zero-order valence-corrected chi connectivity index (χ0v) is 19.5. The minimum atomic E-state index is -0.506. The summed E-state index contributed by atoms with van der Waals surface area (Å²) in [4.78, 5) is 12.4. The molecule has 0 aromatic heterocycles. The molecular formula is C26H44O3. The van der Waals surface area contributed by atoms with Gasteiger partial charge >= 0.3 is 5.97 Å². The smallest absolute Gasteiger partial charge is 0.309 e. The Hall–Kier alpha value is -0.570. The monoisotopic (exact) mass is 404 g/mol. The summed E-state index contributed by atoms with van der Waals surface area (Å²) in [6.45, 7) is 12.0. The van der Waals surface area contributed by atoms with Gasteiger partial charge in [-0.2, -0.15) is 0 Å². The third-order valence-electron chi connectivity index (χ3n) is 11.6. The van der Waals surface area contributed by atoms with Crippen LogP contribution in [0.1, 0.15) is 105 Å². The number of aliphatic hydroxyl groups is 1. The van der Waals surface area contributed by atoms with E-state index in [2.05, 4.69) is 27.7 Å². The highest BCUT2D eigenvalue weighted by Gasteiger charge is 2.68. The van der Waals surface area contributed by atoms with Gasteiger partial charge in [0.2, 0.25) is 0 Å². The SMILES string of the molecule is CC(O)CCC1(C)C(C)CCC2(C)C1CCC1C3CCCC3(C(=O)O)CCC12C. The van der Waals surface area contributed by atoms with E-state index in [0.717, 1.165) is 44.9 Å². The highest BCUT2D eigenvalue weighted by Crippen LogP contribution is 2.74. The van der Waals surface area contributed by atoms with Crippen molar-refractivity contribution in [3.05, 3.63) is 0 Å². The van der Waals surface area contributed by atoms with Crippen molar-refractivity contribution < 1.29 is 15.0 Å². The number of aliphatic hydroxyl groups excluding tert-OH is 1. The van der Waals surface area contributed by atoms with E-state index in [1.165, 1.54) is 25.7 Å². The van der Waals surface area contributed by atoms with Crippen LogP contribution < -0.4 is 0 Å². The largest absolute Gasteiger partial charge is 0.481 e. The Morgan fingerprint density at radius 1 is 0.966 bits per heavy atom. The Bertz CT molecular complexity index is 658. The molecular weight excluding hydrogens is 360 g/mol. The van der Waals surface area contributed by atoms with Crippen LogP contribution in [-0.2, 0) is 4.79 Å². The summed E-state index contributed by atoms with van der Waals surface area (Å²) in [5.74, 6) is 1.85. The molecule has 9 atom stereocenters. The van der Waals surface area contributed by atoms with E-state index in [9.17, 15) is 15.0 Å². The normalized spacial score (nSPS) is 52.9. The van der Waals surface area contributed by atoms with Gasteiger partial charge in [0, 0.05) is 0 Å². The van der Waals surface area contributed by atoms with Crippen molar-refractivity contribution in [1.82, 2.24) is 0 Å². The summed E-state index contributed by atoms with van der Waals surface area (Å²) in [5.41, 5.74) is 0.416. The third-order valence-corrected chi connectivity index (χ3v) is 11.6. The Balaban J connectivity index is 1.69. The molecule has 0 aromatic carbocycles. The maximum Gasteiger partial charge on any atom is 0.309 e. The average Bonchev–Trinajstić information content (AvgIpc) is 3.10. The molecule has 0 heterocycles. The molecule has 0 amide bonds. The van der Waals surface area contributed by atoms with Gasteiger partial charge < -0.3 is 10.2 Å². The van der Waals surface area contributed by atoms with Crippen molar-refractivity contribution in [1.29, 1.82) is 0 Å². The van der Waals surface area contributed by atoms with Gasteiger partial charge in [0.15, 0.2) is 0 Å². The second-order valence-corrected chi connectivity index (χ2v) is 12.4. The Morgan fingerprint density at radius 2 is 1.69 bits per heavy atom. The highest BCUT2D eigenvalue weighted by atomic mass is 16.4. The summed E-state index contributed by atoms with van der Waals surface area (Å²) in [6.07, 6.45) is 12.0. The van der Waals surface area contributed by atoms with Crippen molar-refractivity contribution in [2.45, 2.75) is 111 Å². The summed E-state index contributed by atoms with van der Waals surface area (Å²) >= 11 is 0. The summed E-state index contributed by atoms with van der Waals surface area (Å²) in [7, 11) is 0. The minimum absolute atomic E-state index is 0.219. The van der Waals surface area contributed by atoms with E-state index >= 15 is 0 Å². The first-order valence-corrected chi connectivity index (χ1v) is 12.4. The van der Waals surface area contributed by atoms with Gasteiger partial charge in [-0.25, -0.2) is 0 Å². The van der Waals surface area contributed by atoms with Crippen LogP contribution in [-0.4, -0.2) is 22.3 Å². The number of fused-ring (bicyclic) bond motifs is 5. The maximum atomic E-state index is 12.4. The van der Waals surface area contributed by atoms with Gasteiger partial charge in [-0.05, 0) is 111 Å². The van der Waals surface area contributed by atoms with Crippen molar-refractivity contribution in [3.63, 3.8) is 0 Å². The number of carbonyl (C=O) groups is 1. The summed E-state index contributed by atoms with van der Waals surface area (Å²) < 4.78 is 0. The second kappa shape index (κ2) is 6.97. The van der Waals surface area contributed by atoms with E-state index < -0.39 is 11.4 Å². The first-order valence-electron chi connectivity index (χ1n) is 12.4. The predicted molar refractivity (Wildman–Crippen MR) is 116 cm³/mol. The van der Waals surface area contributed by atoms with Crippen molar-refractivity contribution >= 4 is 5.97 Å². The Morgan fingerprint density at radius 3 is 2.34 bits per heavy atom. The average molecular weight is 405 g/mol. The lowest BCUT2D eigenvalue weighted by molar-refractivity contribution is -0.218. The van der Waals surface area contributed by atoms with Crippen molar-refractivity contribution in [3.8, 4) is 0 Å². The fraction of sp³-hybridized carbons (Fsp3) is 0.962. The number of carboxylic acids is 1. The zero-order chi connectivity index (χ0) is 21.2. The molecule has 3 nitrogen and oxygen atoms in total. The molecule has 4 aliphatic rings. The summed E-state index contributed by atoms with van der Waals surface area (Å²) in [5, 5.41) is 20.2. The number of rotatable bonds is 4. The van der Waals surface area contributed by atoms with E-state index in [1.54, 1.807) is 0 Å². The fourth-order valence-electron chi connectivity index (χ4n) is 9.42. The Labute approximate surface area is 178 Å². The molecule has 166 valence electrons. The molecule has 3 heteroatoms. The topological polar surface area (TPSA) is 57.5 Å². The molecule has 4 rings (SSSR count). The van der Waals surface area contributed by atoms with Crippen LogP contribution in [0.15, 0.2) is 0 Å². The minimum Gasteiger partial charge on any atom is -0.481 e. The van der Waals surface area contributed by atoms with Gasteiger partial charge in [0.25, 0.3) is 0 Å². The first kappa shape index (κ1) is 21.7. The van der Waals surface area contributed by atoms with Gasteiger partial charge in [-0.15, -0.1) is 0 Å². The van der Waals surface area contributed by atoms with Gasteiger partial charge in [0.05, 0.1) is 11.5 Å². The van der Waals surface area contributed by atoms with Crippen LogP contribution >= 0.6 is 0 Å². The molecule has 0 aliphatic heterocycles. The van der Waals surface area contributed by atoms with E-state index in [4.69, 9.17) is 0 Å². The third kappa shape index (κ3) is 2.81. The molecule has 0 saturated heterocycles. The first-order chi connectivity index (χ1) is 13.5. The highest BCUT2D eigenvalue weighted by molar-refractivity contribution is 5.76. The number of hydrogen-bond acceptors (Lipinski definition) is 2. The quantitative estimate of drug-likeness (QED) is 0.579. The van der Waals surface area contributed by atoms with E-state index in [0.29, 0.717) is 29.1 Å². The van der Waals surface area contributed by atoms with Crippen LogP contribution in [0.3, 0.4) is 0 Å². The lowest BCUT2D eigenvalue weighted by Crippen LogP contribution is -2.63. The van der Waals surface area contributed by atoms with Gasteiger partial charge in [0.1, 0.15) is 0 Å². The Kier molecular flexibility index (Phi) is 5.20. The second-order valence-electron chi connectivity index (χ2n) is 12.4. The molecule has 0 bridgehead atoms. The molecule has 0 radical (unpaired) electrons. The molecule has 29 heavy (non-hydrogen) atoms. The number of hydrogen-bond donors (Lipinski definition) is 2. The lowest BCUT2D eigenvalue weighted by atomic mass is 9.34. The number of carboxylic acid groups (broad SMARTS) is 1. The molecule has 9 unspecified atom stereocenters. The van der Waals surface area contributed by atoms with Gasteiger partial charge in [-0.1, -0.05) is 34.1 Å². The van der Waals surface area contributed by atoms with Crippen LogP contribution in [0.5, 0.6) is 0 Å². The van der Waals surface area contributed by atoms with Crippen LogP contribution in [0.25, 0.3) is 0 Å². The van der Waals surface area contributed by atoms with Gasteiger partial charge in [-0.3, -0.25) is 4.79 Å². The molecule has 4 aliphatic carbocycles. The van der Waals surface area contributed by atoms with Crippen molar-refractivity contribution in [2.24, 2.45) is 45.3 Å². The molecule has 4 fully saturated rings. The molecule has 0 spiro atoms. The van der Waals surface area contributed by atoms with Crippen LogP contribution in [0, 0.1) is 45.3 Å². The van der Waals surface area contributed by atoms with Crippen LogP contribution in [0.4, 0.5) is 0 Å². The van der Waals surface area contributed by atoms with E-state index in [-0.39, 0.29) is 16.9 Å². The number of aliphatic carboxylic acids is 1. The predicted octanol–water partition coefficient (Wildman–Crippen LogP) is 6.29. The molecule has 4 saturated carbocycles. The molecule has 0 aromatic rings. The lowest BCUT2D eigenvalue weighted by Gasteiger charge is -2.70. The van der Waals surface area contributed by atoms with Crippen LogP contribution in [0.2, 0.25) is 0 Å².